The lowest BCUT2D eigenvalue weighted by molar-refractivity contribution is 1.16. The van der Waals surface area contributed by atoms with Crippen LogP contribution in [0.4, 0.5) is 5.82 Å². The standard InChI is InChI=1S/C12H9N5/c13-10-9-12(15-7-6-14-9)17-11(16-10)8-4-2-1-3-5-8/h1-7H,(H2,13,15,16,17). The topological polar surface area (TPSA) is 77.6 Å². The van der Waals surface area contributed by atoms with Gasteiger partial charge in [0.15, 0.2) is 17.3 Å². The van der Waals surface area contributed by atoms with Gasteiger partial charge in [-0.2, -0.15) is 0 Å². The van der Waals surface area contributed by atoms with Crippen LogP contribution in [0, 0.1) is 0 Å². The van der Waals surface area contributed by atoms with E-state index in [0.717, 1.165) is 5.56 Å². The van der Waals surface area contributed by atoms with Gasteiger partial charge in [0.05, 0.1) is 0 Å². The van der Waals surface area contributed by atoms with Gasteiger partial charge in [-0.1, -0.05) is 30.3 Å². The van der Waals surface area contributed by atoms with Gasteiger partial charge in [0.1, 0.15) is 5.52 Å². The predicted molar refractivity (Wildman–Crippen MR) is 65.0 cm³/mol. The Morgan fingerprint density at radius 1 is 0.882 bits per heavy atom. The van der Waals surface area contributed by atoms with Crippen molar-refractivity contribution in [3.63, 3.8) is 0 Å². The van der Waals surface area contributed by atoms with Crippen LogP contribution in [0.25, 0.3) is 22.6 Å². The van der Waals surface area contributed by atoms with Crippen LogP contribution in [0.2, 0.25) is 0 Å². The Kier molecular flexibility index (Phi) is 2.15. The number of fused-ring (bicyclic) bond motifs is 1. The molecule has 3 rings (SSSR count). The summed E-state index contributed by atoms with van der Waals surface area (Å²) in [6, 6.07) is 9.65. The second kappa shape index (κ2) is 3.79. The maximum Gasteiger partial charge on any atom is 0.184 e. The third kappa shape index (κ3) is 1.67. The summed E-state index contributed by atoms with van der Waals surface area (Å²) in [5.41, 5.74) is 7.80. The Bertz CT molecular complexity index is 666. The minimum Gasteiger partial charge on any atom is -0.382 e. The number of nitrogens with two attached hydrogens (primary N) is 1. The fourth-order valence-corrected chi connectivity index (χ4v) is 1.60. The molecular formula is C12H9N5. The molecule has 0 aliphatic carbocycles. The lowest BCUT2D eigenvalue weighted by atomic mass is 10.2. The van der Waals surface area contributed by atoms with E-state index >= 15 is 0 Å². The average molecular weight is 223 g/mol. The zero-order chi connectivity index (χ0) is 11.7. The number of nitrogen functional groups attached to an aromatic ring is 1. The van der Waals surface area contributed by atoms with E-state index in [9.17, 15) is 0 Å². The molecule has 0 spiro atoms. The maximum absolute atomic E-state index is 5.84. The fraction of sp³-hybridized carbons (Fsp3) is 0. The van der Waals surface area contributed by atoms with Crippen LogP contribution in [0.15, 0.2) is 42.7 Å². The highest BCUT2D eigenvalue weighted by Crippen LogP contribution is 2.19. The van der Waals surface area contributed by atoms with Crippen LogP contribution >= 0.6 is 0 Å². The van der Waals surface area contributed by atoms with Gasteiger partial charge in [-0.3, -0.25) is 0 Å². The number of aromatic nitrogens is 4. The first-order chi connectivity index (χ1) is 8.34. The van der Waals surface area contributed by atoms with Crippen molar-refractivity contribution in [1.82, 2.24) is 19.9 Å². The third-order valence-electron chi connectivity index (χ3n) is 2.39. The largest absolute Gasteiger partial charge is 0.382 e. The first kappa shape index (κ1) is 9.65. The Morgan fingerprint density at radius 2 is 1.65 bits per heavy atom. The smallest absolute Gasteiger partial charge is 0.184 e. The van der Waals surface area contributed by atoms with Crippen molar-refractivity contribution >= 4 is 17.0 Å². The Balaban J connectivity index is 2.26. The summed E-state index contributed by atoms with van der Waals surface area (Å²) < 4.78 is 0. The molecule has 82 valence electrons. The molecule has 2 heterocycles. The van der Waals surface area contributed by atoms with Crippen molar-refractivity contribution in [3.05, 3.63) is 42.7 Å². The lowest BCUT2D eigenvalue weighted by Gasteiger charge is -2.03. The van der Waals surface area contributed by atoms with E-state index in [2.05, 4.69) is 19.9 Å². The van der Waals surface area contributed by atoms with E-state index in [0.29, 0.717) is 22.8 Å². The first-order valence-corrected chi connectivity index (χ1v) is 5.14. The minimum atomic E-state index is 0.349. The van der Waals surface area contributed by atoms with Crippen LogP contribution in [-0.2, 0) is 0 Å². The van der Waals surface area contributed by atoms with Crippen molar-refractivity contribution in [1.29, 1.82) is 0 Å². The molecule has 0 bridgehead atoms. The zero-order valence-corrected chi connectivity index (χ0v) is 8.91. The van der Waals surface area contributed by atoms with E-state index in [1.165, 1.54) is 0 Å². The van der Waals surface area contributed by atoms with Gasteiger partial charge in [0.25, 0.3) is 0 Å². The van der Waals surface area contributed by atoms with Gasteiger partial charge in [0.2, 0.25) is 0 Å². The van der Waals surface area contributed by atoms with E-state index in [4.69, 9.17) is 5.73 Å². The predicted octanol–water partition coefficient (Wildman–Crippen LogP) is 1.67. The van der Waals surface area contributed by atoms with Crippen LogP contribution in [0.3, 0.4) is 0 Å². The summed E-state index contributed by atoms with van der Waals surface area (Å²) in [4.78, 5) is 16.8. The van der Waals surface area contributed by atoms with E-state index in [1.54, 1.807) is 12.4 Å². The summed E-state index contributed by atoms with van der Waals surface area (Å²) >= 11 is 0. The molecule has 0 aliphatic rings. The molecular weight excluding hydrogens is 214 g/mol. The number of rotatable bonds is 1. The van der Waals surface area contributed by atoms with E-state index in [-0.39, 0.29) is 0 Å². The Hall–Kier alpha value is -2.56. The molecule has 5 heteroatoms. The van der Waals surface area contributed by atoms with Gasteiger partial charge in [-0.05, 0) is 0 Å². The minimum absolute atomic E-state index is 0.349. The van der Waals surface area contributed by atoms with Gasteiger partial charge in [0, 0.05) is 18.0 Å². The molecule has 0 atom stereocenters. The lowest BCUT2D eigenvalue weighted by Crippen LogP contribution is -2.00. The van der Waals surface area contributed by atoms with Gasteiger partial charge in [-0.25, -0.2) is 19.9 Å². The van der Waals surface area contributed by atoms with Crippen molar-refractivity contribution < 1.29 is 0 Å². The molecule has 1 aromatic carbocycles. The van der Waals surface area contributed by atoms with Crippen molar-refractivity contribution in [2.24, 2.45) is 0 Å². The molecule has 0 unspecified atom stereocenters. The van der Waals surface area contributed by atoms with Gasteiger partial charge >= 0.3 is 0 Å². The SMILES string of the molecule is Nc1nc(-c2ccccc2)nc2nccnc12. The average Bonchev–Trinajstić information content (AvgIpc) is 2.40. The highest BCUT2D eigenvalue weighted by Gasteiger charge is 2.07. The molecule has 3 aromatic rings. The second-order valence-electron chi connectivity index (χ2n) is 3.53. The summed E-state index contributed by atoms with van der Waals surface area (Å²) in [6.45, 7) is 0. The Morgan fingerprint density at radius 3 is 2.47 bits per heavy atom. The van der Waals surface area contributed by atoms with Crippen LogP contribution in [0.5, 0.6) is 0 Å². The Labute approximate surface area is 97.4 Å². The van der Waals surface area contributed by atoms with Crippen LogP contribution in [-0.4, -0.2) is 19.9 Å². The summed E-state index contributed by atoms with van der Waals surface area (Å²) in [5, 5.41) is 0. The van der Waals surface area contributed by atoms with Crippen LogP contribution in [0.1, 0.15) is 0 Å². The monoisotopic (exact) mass is 223 g/mol. The first-order valence-electron chi connectivity index (χ1n) is 5.14. The van der Waals surface area contributed by atoms with Gasteiger partial charge in [-0.15, -0.1) is 0 Å². The normalized spacial score (nSPS) is 10.6. The van der Waals surface area contributed by atoms with Crippen molar-refractivity contribution in [2.75, 3.05) is 5.73 Å². The molecule has 5 nitrogen and oxygen atoms in total. The number of hydrogen-bond acceptors (Lipinski definition) is 5. The molecule has 0 fully saturated rings. The highest BCUT2D eigenvalue weighted by atomic mass is 15.0. The van der Waals surface area contributed by atoms with Crippen molar-refractivity contribution in [3.8, 4) is 11.4 Å². The molecule has 0 saturated carbocycles. The number of anilines is 1. The third-order valence-corrected chi connectivity index (χ3v) is 2.39. The highest BCUT2D eigenvalue weighted by molar-refractivity contribution is 5.82. The molecule has 0 radical (unpaired) electrons. The van der Waals surface area contributed by atoms with Gasteiger partial charge < -0.3 is 5.73 Å². The second-order valence-corrected chi connectivity index (χ2v) is 3.53. The molecule has 0 amide bonds. The van der Waals surface area contributed by atoms with E-state index in [1.807, 2.05) is 30.3 Å². The molecule has 0 aliphatic heterocycles. The number of benzene rings is 1. The number of nitrogens with zero attached hydrogens (tertiary/aromatic N) is 4. The molecule has 0 saturated heterocycles. The summed E-state index contributed by atoms with van der Waals surface area (Å²) in [7, 11) is 0. The molecule has 2 aromatic heterocycles. The molecule has 2 N–H and O–H groups in total. The van der Waals surface area contributed by atoms with Crippen LogP contribution < -0.4 is 5.73 Å². The zero-order valence-electron chi connectivity index (χ0n) is 8.91. The maximum atomic E-state index is 5.84. The summed E-state index contributed by atoms with van der Waals surface area (Å²) in [6.07, 6.45) is 3.16. The fourth-order valence-electron chi connectivity index (χ4n) is 1.60. The van der Waals surface area contributed by atoms with E-state index < -0.39 is 0 Å². The number of hydrogen-bond donors (Lipinski definition) is 1. The quantitative estimate of drug-likeness (QED) is 0.679. The summed E-state index contributed by atoms with van der Waals surface area (Å²) in [5.74, 6) is 0.915. The molecule has 17 heavy (non-hydrogen) atoms. The van der Waals surface area contributed by atoms with Crippen molar-refractivity contribution in [2.45, 2.75) is 0 Å².